The summed E-state index contributed by atoms with van der Waals surface area (Å²) in [6.45, 7) is 5.28. The second-order valence-corrected chi connectivity index (χ2v) is 7.45. The van der Waals surface area contributed by atoms with Gasteiger partial charge in [-0.1, -0.05) is 6.42 Å². The van der Waals surface area contributed by atoms with Gasteiger partial charge in [-0.25, -0.2) is 9.97 Å². The van der Waals surface area contributed by atoms with Crippen molar-refractivity contribution in [3.63, 3.8) is 0 Å². The van der Waals surface area contributed by atoms with Crippen LogP contribution in [0.5, 0.6) is 0 Å². The minimum atomic E-state index is 0.721. The SMILES string of the molecule is Cc1nn(CC2CCC2)c(C)c1-c1cncc(-c2ccnc3nc[nH]c23)c1. The average Bonchev–Trinajstić information content (AvgIpc) is 3.22. The average molecular weight is 358 g/mol. The zero-order valence-electron chi connectivity index (χ0n) is 15.6. The molecule has 4 aromatic heterocycles. The molecule has 6 nitrogen and oxygen atoms in total. The Labute approximate surface area is 157 Å². The smallest absolute Gasteiger partial charge is 0.178 e. The fourth-order valence-corrected chi connectivity index (χ4v) is 4.03. The quantitative estimate of drug-likeness (QED) is 0.590. The lowest BCUT2D eigenvalue weighted by atomic mass is 9.85. The minimum Gasteiger partial charge on any atom is -0.343 e. The Kier molecular flexibility index (Phi) is 3.77. The van der Waals surface area contributed by atoms with Crippen LogP contribution in [0.3, 0.4) is 0 Å². The lowest BCUT2D eigenvalue weighted by molar-refractivity contribution is 0.264. The third kappa shape index (κ3) is 2.72. The highest BCUT2D eigenvalue weighted by molar-refractivity contribution is 5.90. The summed E-state index contributed by atoms with van der Waals surface area (Å²) in [5, 5.41) is 4.82. The van der Waals surface area contributed by atoms with E-state index in [1.165, 1.54) is 30.5 Å². The summed E-state index contributed by atoms with van der Waals surface area (Å²) in [6, 6.07) is 4.19. The van der Waals surface area contributed by atoms with E-state index in [0.29, 0.717) is 0 Å². The van der Waals surface area contributed by atoms with E-state index in [2.05, 4.69) is 44.5 Å². The molecule has 5 rings (SSSR count). The van der Waals surface area contributed by atoms with Crippen molar-refractivity contribution in [2.75, 3.05) is 0 Å². The normalized spacial score (nSPS) is 14.6. The van der Waals surface area contributed by atoms with Crippen molar-refractivity contribution in [1.82, 2.24) is 29.7 Å². The summed E-state index contributed by atoms with van der Waals surface area (Å²) < 4.78 is 2.18. The number of pyridine rings is 2. The van der Waals surface area contributed by atoms with Crippen molar-refractivity contribution in [3.8, 4) is 22.3 Å². The molecule has 6 heteroatoms. The number of hydrogen-bond donors (Lipinski definition) is 1. The Morgan fingerprint density at radius 3 is 2.81 bits per heavy atom. The highest BCUT2D eigenvalue weighted by atomic mass is 15.3. The van der Waals surface area contributed by atoms with Crippen LogP contribution in [0.25, 0.3) is 33.4 Å². The van der Waals surface area contributed by atoms with E-state index >= 15 is 0 Å². The first-order chi connectivity index (χ1) is 13.2. The lowest BCUT2D eigenvalue weighted by Crippen LogP contribution is -2.19. The number of aromatic amines is 1. The number of fused-ring (bicyclic) bond motifs is 1. The van der Waals surface area contributed by atoms with Crippen molar-refractivity contribution >= 4 is 11.2 Å². The number of hydrogen-bond acceptors (Lipinski definition) is 4. The zero-order valence-corrected chi connectivity index (χ0v) is 15.6. The molecule has 0 aromatic carbocycles. The van der Waals surface area contributed by atoms with Gasteiger partial charge in [0.2, 0.25) is 0 Å². The molecule has 0 amide bonds. The standard InChI is InChI=1S/C21H22N6/c1-13-19(14(2)27(26-13)11-15-4-3-5-15)17-8-16(9-22-10-17)18-6-7-23-21-20(18)24-12-25-21/h6-10,12,15H,3-5,11H2,1-2H3,(H,23,24,25). The highest BCUT2D eigenvalue weighted by Gasteiger charge is 2.21. The van der Waals surface area contributed by atoms with Gasteiger partial charge in [0.05, 0.1) is 17.5 Å². The topological polar surface area (TPSA) is 72.3 Å². The zero-order chi connectivity index (χ0) is 18.4. The van der Waals surface area contributed by atoms with Crippen LogP contribution in [0.2, 0.25) is 0 Å². The summed E-state index contributed by atoms with van der Waals surface area (Å²) in [6.07, 6.45) is 11.3. The summed E-state index contributed by atoms with van der Waals surface area (Å²) >= 11 is 0. The largest absolute Gasteiger partial charge is 0.343 e. The van der Waals surface area contributed by atoms with Gasteiger partial charge in [-0.05, 0) is 44.7 Å². The molecule has 1 N–H and O–H groups in total. The Morgan fingerprint density at radius 1 is 1.15 bits per heavy atom. The Morgan fingerprint density at radius 2 is 2.00 bits per heavy atom. The maximum atomic E-state index is 4.82. The number of nitrogens with one attached hydrogen (secondary N) is 1. The van der Waals surface area contributed by atoms with Crippen LogP contribution in [0.4, 0.5) is 0 Å². The third-order valence-electron chi connectivity index (χ3n) is 5.70. The molecular formula is C21H22N6. The second-order valence-electron chi connectivity index (χ2n) is 7.45. The monoisotopic (exact) mass is 358 g/mol. The van der Waals surface area contributed by atoms with E-state index in [1.54, 1.807) is 12.5 Å². The van der Waals surface area contributed by atoms with Crippen LogP contribution in [-0.2, 0) is 6.54 Å². The maximum absolute atomic E-state index is 4.82. The van der Waals surface area contributed by atoms with E-state index in [-0.39, 0.29) is 0 Å². The molecule has 0 radical (unpaired) electrons. The van der Waals surface area contributed by atoms with Gasteiger partial charge in [0.15, 0.2) is 5.65 Å². The molecule has 0 spiro atoms. The molecule has 1 saturated carbocycles. The van der Waals surface area contributed by atoms with Crippen LogP contribution in [0, 0.1) is 19.8 Å². The van der Waals surface area contributed by atoms with Gasteiger partial charge in [-0.2, -0.15) is 5.10 Å². The summed E-state index contributed by atoms with van der Waals surface area (Å²) in [4.78, 5) is 16.3. The van der Waals surface area contributed by atoms with Gasteiger partial charge in [0.1, 0.15) is 0 Å². The number of aryl methyl sites for hydroxylation is 1. The molecule has 1 aliphatic rings. The van der Waals surface area contributed by atoms with Crippen LogP contribution >= 0.6 is 0 Å². The molecule has 4 aromatic rings. The molecule has 136 valence electrons. The summed E-state index contributed by atoms with van der Waals surface area (Å²) in [7, 11) is 0. The number of H-pyrrole nitrogens is 1. The first kappa shape index (κ1) is 16.2. The van der Waals surface area contributed by atoms with Crippen LogP contribution < -0.4 is 0 Å². The predicted molar refractivity (Wildman–Crippen MR) is 105 cm³/mol. The van der Waals surface area contributed by atoms with Crippen LogP contribution in [0.15, 0.2) is 37.1 Å². The first-order valence-electron chi connectivity index (χ1n) is 9.48. The van der Waals surface area contributed by atoms with Crippen molar-refractivity contribution in [1.29, 1.82) is 0 Å². The van der Waals surface area contributed by atoms with E-state index in [9.17, 15) is 0 Å². The number of imidazole rings is 1. The molecule has 0 saturated heterocycles. The van der Waals surface area contributed by atoms with Crippen LogP contribution in [-0.4, -0.2) is 29.7 Å². The molecule has 0 bridgehead atoms. The van der Waals surface area contributed by atoms with Gasteiger partial charge in [-0.3, -0.25) is 9.67 Å². The van der Waals surface area contributed by atoms with Gasteiger partial charge in [0.25, 0.3) is 0 Å². The highest BCUT2D eigenvalue weighted by Crippen LogP contribution is 2.33. The number of nitrogens with zero attached hydrogens (tertiary/aromatic N) is 5. The Bertz CT molecular complexity index is 1120. The van der Waals surface area contributed by atoms with Gasteiger partial charge in [-0.15, -0.1) is 0 Å². The van der Waals surface area contributed by atoms with E-state index in [1.807, 2.05) is 18.5 Å². The fourth-order valence-electron chi connectivity index (χ4n) is 4.03. The summed E-state index contributed by atoms with van der Waals surface area (Å²) in [5.74, 6) is 0.783. The molecule has 1 aliphatic carbocycles. The summed E-state index contributed by atoms with van der Waals surface area (Å²) in [5.41, 5.74) is 8.35. The van der Waals surface area contributed by atoms with Gasteiger partial charge in [0, 0.05) is 53.1 Å². The molecule has 1 fully saturated rings. The molecule has 4 heterocycles. The third-order valence-corrected chi connectivity index (χ3v) is 5.70. The van der Waals surface area contributed by atoms with E-state index in [0.717, 1.165) is 46.0 Å². The molecule has 0 unspecified atom stereocenters. The van der Waals surface area contributed by atoms with Crippen molar-refractivity contribution in [2.45, 2.75) is 39.7 Å². The van der Waals surface area contributed by atoms with Crippen molar-refractivity contribution in [3.05, 3.63) is 48.4 Å². The van der Waals surface area contributed by atoms with Gasteiger partial charge >= 0.3 is 0 Å². The predicted octanol–water partition coefficient (Wildman–Crippen LogP) is 4.30. The first-order valence-corrected chi connectivity index (χ1v) is 9.48. The van der Waals surface area contributed by atoms with E-state index < -0.39 is 0 Å². The second kappa shape index (κ2) is 6.30. The number of aromatic nitrogens is 6. The lowest BCUT2D eigenvalue weighted by Gasteiger charge is -2.25. The van der Waals surface area contributed by atoms with Crippen molar-refractivity contribution < 1.29 is 0 Å². The van der Waals surface area contributed by atoms with E-state index in [4.69, 9.17) is 5.10 Å². The fraction of sp³-hybridized carbons (Fsp3) is 0.333. The molecule has 27 heavy (non-hydrogen) atoms. The minimum absolute atomic E-state index is 0.721. The van der Waals surface area contributed by atoms with Gasteiger partial charge < -0.3 is 4.98 Å². The molecule has 0 aliphatic heterocycles. The Hall–Kier alpha value is -3.02. The maximum Gasteiger partial charge on any atom is 0.178 e. The molecule has 0 atom stereocenters. The molecular weight excluding hydrogens is 336 g/mol. The van der Waals surface area contributed by atoms with Crippen LogP contribution in [0.1, 0.15) is 30.7 Å². The number of rotatable bonds is 4. The Balaban J connectivity index is 1.57. The van der Waals surface area contributed by atoms with Crippen molar-refractivity contribution in [2.24, 2.45) is 5.92 Å².